The Morgan fingerprint density at radius 2 is 1.57 bits per heavy atom. The van der Waals surface area contributed by atoms with Crippen LogP contribution in [0.1, 0.15) is 36.6 Å². The van der Waals surface area contributed by atoms with Gasteiger partial charge in [0.15, 0.2) is 0 Å². The zero-order chi connectivity index (χ0) is 16.2. The molecule has 0 N–H and O–H groups in total. The largest absolute Gasteiger partial charge is 0.298 e. The van der Waals surface area contributed by atoms with Gasteiger partial charge in [-0.3, -0.25) is 19.3 Å². The van der Waals surface area contributed by atoms with E-state index < -0.39 is 0 Å². The second-order valence-corrected chi connectivity index (χ2v) is 5.07. The van der Waals surface area contributed by atoms with Crippen molar-refractivity contribution in [3.63, 3.8) is 0 Å². The molecule has 0 fully saturated rings. The fourth-order valence-corrected chi connectivity index (χ4v) is 2.43. The number of aldehydes is 1. The van der Waals surface area contributed by atoms with E-state index in [1.165, 1.54) is 4.90 Å². The third-order valence-corrected chi connectivity index (χ3v) is 3.57. The molecule has 0 aliphatic carbocycles. The molecule has 4 nitrogen and oxygen atoms in total. The molecule has 0 spiro atoms. The highest BCUT2D eigenvalue weighted by Gasteiger charge is 2.33. The number of imide groups is 1. The number of benzene rings is 2. The van der Waals surface area contributed by atoms with Crippen molar-refractivity contribution < 1.29 is 14.4 Å². The van der Waals surface area contributed by atoms with Crippen LogP contribution < -0.4 is 0 Å². The lowest BCUT2D eigenvalue weighted by Gasteiger charge is -2.09. The van der Waals surface area contributed by atoms with Crippen molar-refractivity contribution in [1.29, 1.82) is 0 Å². The van der Waals surface area contributed by atoms with Gasteiger partial charge in [-0.15, -0.1) is 5.73 Å². The molecular formula is C19H13NO3. The van der Waals surface area contributed by atoms with Crippen molar-refractivity contribution in [2.24, 2.45) is 0 Å². The van der Waals surface area contributed by atoms with Crippen LogP contribution in [0, 0.1) is 0 Å². The molecule has 2 aromatic carbocycles. The van der Waals surface area contributed by atoms with Crippen molar-refractivity contribution in [1.82, 2.24) is 4.90 Å². The number of carbonyl (C=O) groups is 3. The van der Waals surface area contributed by atoms with Crippen molar-refractivity contribution in [3.05, 3.63) is 82.6 Å². The second-order valence-electron chi connectivity index (χ2n) is 5.07. The lowest BCUT2D eigenvalue weighted by molar-refractivity contribution is 0.0672. The highest BCUT2D eigenvalue weighted by Crippen LogP contribution is 2.21. The van der Waals surface area contributed by atoms with Crippen LogP contribution in [0.5, 0.6) is 0 Å². The first-order valence-corrected chi connectivity index (χ1v) is 7.12. The Hall–Kier alpha value is -3.23. The molecule has 4 heteroatoms. The summed E-state index contributed by atoms with van der Waals surface area (Å²) in [5, 5.41) is 0. The average molecular weight is 303 g/mol. The van der Waals surface area contributed by atoms with E-state index in [1.54, 1.807) is 54.6 Å². The van der Waals surface area contributed by atoms with Gasteiger partial charge in [0.1, 0.15) is 6.29 Å². The van der Waals surface area contributed by atoms with Gasteiger partial charge in [0.2, 0.25) is 0 Å². The summed E-state index contributed by atoms with van der Waals surface area (Å²) < 4.78 is 0. The van der Waals surface area contributed by atoms with Crippen LogP contribution >= 0.6 is 0 Å². The van der Waals surface area contributed by atoms with Gasteiger partial charge in [0.25, 0.3) is 11.8 Å². The van der Waals surface area contributed by atoms with Gasteiger partial charge in [-0.2, -0.15) is 0 Å². The Kier molecular flexibility index (Phi) is 4.00. The third-order valence-electron chi connectivity index (χ3n) is 3.57. The normalized spacial score (nSPS) is 12.6. The molecular weight excluding hydrogens is 290 g/mol. The number of rotatable bonds is 4. The van der Waals surface area contributed by atoms with Crippen LogP contribution in [-0.2, 0) is 0 Å². The van der Waals surface area contributed by atoms with Gasteiger partial charge in [0, 0.05) is 5.56 Å². The number of carbonyl (C=O) groups excluding carboxylic acids is 3. The molecule has 2 amide bonds. The number of amides is 2. The topological polar surface area (TPSA) is 54.5 Å². The van der Waals surface area contributed by atoms with Gasteiger partial charge in [-0.05, 0) is 35.9 Å². The van der Waals surface area contributed by atoms with Gasteiger partial charge >= 0.3 is 0 Å². The third kappa shape index (κ3) is 2.89. The van der Waals surface area contributed by atoms with Crippen LogP contribution in [0.2, 0.25) is 0 Å². The van der Waals surface area contributed by atoms with E-state index in [2.05, 4.69) is 5.73 Å². The number of fused-ring (bicyclic) bond motifs is 1. The van der Waals surface area contributed by atoms with Crippen LogP contribution in [0.4, 0.5) is 0 Å². The minimum Gasteiger partial charge on any atom is -0.298 e. The smallest absolute Gasteiger partial charge is 0.261 e. The molecule has 0 saturated heterocycles. The Morgan fingerprint density at radius 1 is 0.913 bits per heavy atom. The molecule has 1 aliphatic heterocycles. The van der Waals surface area contributed by atoms with E-state index in [9.17, 15) is 14.4 Å². The number of hydrogen-bond acceptors (Lipinski definition) is 3. The Balaban J connectivity index is 1.74. The van der Waals surface area contributed by atoms with Gasteiger partial charge in [-0.1, -0.05) is 30.3 Å². The molecule has 0 unspecified atom stereocenters. The van der Waals surface area contributed by atoms with Gasteiger partial charge < -0.3 is 0 Å². The summed E-state index contributed by atoms with van der Waals surface area (Å²) in [6, 6.07) is 13.9. The molecule has 1 heterocycles. The second kappa shape index (κ2) is 6.26. The molecule has 1 aliphatic rings. The molecule has 0 bridgehead atoms. The quantitative estimate of drug-likeness (QED) is 0.496. The molecule has 0 saturated carbocycles. The first-order chi connectivity index (χ1) is 11.2. The maximum absolute atomic E-state index is 12.2. The summed E-state index contributed by atoms with van der Waals surface area (Å²) in [4.78, 5) is 36.2. The van der Waals surface area contributed by atoms with E-state index >= 15 is 0 Å². The fraction of sp³-hybridized carbons (Fsp3) is 0.0526. The Labute approximate surface area is 133 Å². The highest BCUT2D eigenvalue weighted by molar-refractivity contribution is 6.21. The predicted octanol–water partition coefficient (Wildman–Crippen LogP) is 2.96. The first kappa shape index (κ1) is 14.7. The Bertz CT molecular complexity index is 825. The van der Waals surface area contributed by atoms with E-state index in [-0.39, 0.29) is 18.4 Å². The van der Waals surface area contributed by atoms with Crippen LogP contribution in [-0.4, -0.2) is 29.5 Å². The van der Waals surface area contributed by atoms with Crippen LogP contribution in [0.15, 0.2) is 60.3 Å². The monoisotopic (exact) mass is 303 g/mol. The van der Waals surface area contributed by atoms with E-state index in [0.717, 1.165) is 11.8 Å². The van der Waals surface area contributed by atoms with Crippen molar-refractivity contribution >= 4 is 24.2 Å². The van der Waals surface area contributed by atoms with E-state index in [1.807, 2.05) is 6.07 Å². The Morgan fingerprint density at radius 3 is 2.22 bits per heavy atom. The summed E-state index contributed by atoms with van der Waals surface area (Å²) in [7, 11) is 0. The van der Waals surface area contributed by atoms with E-state index in [0.29, 0.717) is 16.7 Å². The van der Waals surface area contributed by atoms with Crippen LogP contribution in [0.3, 0.4) is 0 Å². The van der Waals surface area contributed by atoms with Crippen molar-refractivity contribution in [2.45, 2.75) is 0 Å². The predicted molar refractivity (Wildman–Crippen MR) is 86.2 cm³/mol. The lowest BCUT2D eigenvalue weighted by atomic mass is 10.1. The van der Waals surface area contributed by atoms with Crippen molar-refractivity contribution in [3.8, 4) is 0 Å². The minimum atomic E-state index is -0.286. The maximum Gasteiger partial charge on any atom is 0.261 e. The maximum atomic E-state index is 12.2. The summed E-state index contributed by atoms with van der Waals surface area (Å²) in [5.74, 6) is -0.571. The average Bonchev–Trinajstić information content (AvgIpc) is 2.84. The zero-order valence-corrected chi connectivity index (χ0v) is 12.2. The SMILES string of the molecule is O=Cc1cccc(C=C=CCN2C(=O)c3ccccc3C2=O)c1. The molecule has 2 aromatic rings. The standard InChI is InChI=1S/C19H13NO3/c21-13-15-8-5-7-14(12-15)6-3-4-11-20-18(22)16-9-1-2-10-17(16)19(20)23/h1-2,4-10,12-13H,11H2. The summed E-state index contributed by atoms with van der Waals surface area (Å²) in [6.45, 7) is 0.163. The molecule has 3 rings (SSSR count). The molecule has 0 aromatic heterocycles. The fourth-order valence-electron chi connectivity index (χ4n) is 2.43. The number of hydrogen-bond donors (Lipinski definition) is 0. The molecule has 0 atom stereocenters. The minimum absolute atomic E-state index is 0.163. The summed E-state index contributed by atoms with van der Waals surface area (Å²) in [6.07, 6.45) is 4.10. The molecule has 23 heavy (non-hydrogen) atoms. The van der Waals surface area contributed by atoms with Gasteiger partial charge in [-0.25, -0.2) is 0 Å². The van der Waals surface area contributed by atoms with Gasteiger partial charge in [0.05, 0.1) is 17.7 Å². The summed E-state index contributed by atoms with van der Waals surface area (Å²) >= 11 is 0. The number of nitrogens with zero attached hydrogens (tertiary/aromatic N) is 1. The first-order valence-electron chi connectivity index (χ1n) is 7.12. The highest BCUT2D eigenvalue weighted by atomic mass is 16.2. The van der Waals surface area contributed by atoms with Crippen molar-refractivity contribution in [2.75, 3.05) is 6.54 Å². The molecule has 0 radical (unpaired) electrons. The lowest BCUT2D eigenvalue weighted by Crippen LogP contribution is -2.29. The van der Waals surface area contributed by atoms with E-state index in [4.69, 9.17) is 0 Å². The summed E-state index contributed by atoms with van der Waals surface area (Å²) in [5.41, 5.74) is 5.22. The zero-order valence-electron chi connectivity index (χ0n) is 12.2. The van der Waals surface area contributed by atoms with Crippen LogP contribution in [0.25, 0.3) is 6.08 Å². The molecule has 112 valence electrons.